The summed E-state index contributed by atoms with van der Waals surface area (Å²) in [5.74, 6) is -1.47. The highest BCUT2D eigenvalue weighted by Gasteiger charge is 2.34. The number of hydrogen-bond donors (Lipinski definition) is 2. The smallest absolute Gasteiger partial charge is 0.379 e. The molecule has 36 heavy (non-hydrogen) atoms. The monoisotopic (exact) mass is 533 g/mol. The van der Waals surface area contributed by atoms with Crippen molar-refractivity contribution in [2.75, 3.05) is 31.6 Å². The molecule has 0 spiro atoms. The second-order valence-electron chi connectivity index (χ2n) is 8.65. The SMILES string of the molecule is CC1CCCN1C(=O)c1nc(C(=O)NC2CCOC2)sc1-c1cnc(NCC(F)(F)F)cc1C(F)F. The first-order valence-electron chi connectivity index (χ1n) is 11.3. The van der Waals surface area contributed by atoms with Crippen LogP contribution < -0.4 is 10.6 Å². The highest BCUT2D eigenvalue weighted by Crippen LogP contribution is 2.39. The zero-order valence-corrected chi connectivity index (χ0v) is 20.0. The first-order chi connectivity index (χ1) is 17.0. The van der Waals surface area contributed by atoms with Crippen LogP contribution in [0.25, 0.3) is 10.4 Å². The van der Waals surface area contributed by atoms with Crippen molar-refractivity contribution in [2.45, 2.75) is 50.9 Å². The topological polar surface area (TPSA) is 96.5 Å². The van der Waals surface area contributed by atoms with Crippen LogP contribution in [0.3, 0.4) is 0 Å². The van der Waals surface area contributed by atoms with Gasteiger partial charge in [0.15, 0.2) is 5.01 Å². The average molecular weight is 534 g/mol. The van der Waals surface area contributed by atoms with Gasteiger partial charge in [-0.25, -0.2) is 18.7 Å². The highest BCUT2D eigenvalue weighted by molar-refractivity contribution is 7.17. The molecule has 4 rings (SSSR count). The highest BCUT2D eigenvalue weighted by atomic mass is 32.1. The predicted molar refractivity (Wildman–Crippen MR) is 121 cm³/mol. The van der Waals surface area contributed by atoms with Gasteiger partial charge < -0.3 is 20.3 Å². The Balaban J connectivity index is 1.73. The van der Waals surface area contributed by atoms with Crippen LogP contribution in [-0.2, 0) is 4.74 Å². The molecule has 0 radical (unpaired) electrons. The number of pyridine rings is 1. The summed E-state index contributed by atoms with van der Waals surface area (Å²) < 4.78 is 70.9. The van der Waals surface area contributed by atoms with Crippen LogP contribution in [0.15, 0.2) is 12.3 Å². The average Bonchev–Trinajstić information content (AvgIpc) is 3.57. The first kappa shape index (κ1) is 26.2. The maximum Gasteiger partial charge on any atom is 0.405 e. The molecule has 196 valence electrons. The van der Waals surface area contributed by atoms with E-state index in [4.69, 9.17) is 4.74 Å². The number of thiazole rings is 1. The number of rotatable bonds is 7. The summed E-state index contributed by atoms with van der Waals surface area (Å²) in [6, 6.07) is 0.481. The third-order valence-corrected chi connectivity index (χ3v) is 7.08. The van der Waals surface area contributed by atoms with Crippen LogP contribution >= 0.6 is 11.3 Å². The van der Waals surface area contributed by atoms with E-state index in [0.717, 1.165) is 36.4 Å². The third kappa shape index (κ3) is 5.91. The zero-order chi connectivity index (χ0) is 26.0. The lowest BCUT2D eigenvalue weighted by molar-refractivity contribution is -0.115. The molecule has 2 amide bonds. The second-order valence-corrected chi connectivity index (χ2v) is 9.65. The summed E-state index contributed by atoms with van der Waals surface area (Å²) in [5.41, 5.74) is -0.960. The van der Waals surface area contributed by atoms with Crippen molar-refractivity contribution in [3.63, 3.8) is 0 Å². The molecule has 2 fully saturated rings. The van der Waals surface area contributed by atoms with Crippen molar-refractivity contribution >= 4 is 29.0 Å². The van der Waals surface area contributed by atoms with Gasteiger partial charge in [0, 0.05) is 36.5 Å². The molecule has 14 heteroatoms. The van der Waals surface area contributed by atoms with Gasteiger partial charge in [-0.1, -0.05) is 0 Å². The normalized spacial score (nSPS) is 20.2. The van der Waals surface area contributed by atoms with Crippen LogP contribution in [0.1, 0.15) is 58.5 Å². The molecular formula is C22H24F5N5O3S. The van der Waals surface area contributed by atoms with Gasteiger partial charge >= 0.3 is 6.18 Å². The van der Waals surface area contributed by atoms with Crippen LogP contribution in [-0.4, -0.2) is 71.2 Å². The minimum Gasteiger partial charge on any atom is -0.379 e. The van der Waals surface area contributed by atoms with Crippen LogP contribution in [0.4, 0.5) is 27.8 Å². The maximum absolute atomic E-state index is 14.0. The minimum atomic E-state index is -4.57. The maximum atomic E-state index is 14.0. The minimum absolute atomic E-state index is 0.0112. The van der Waals surface area contributed by atoms with Crippen molar-refractivity contribution < 1.29 is 36.3 Å². The second kappa shape index (κ2) is 10.6. The van der Waals surface area contributed by atoms with Gasteiger partial charge in [0.05, 0.1) is 17.5 Å². The molecule has 8 nitrogen and oxygen atoms in total. The number of halogens is 5. The molecule has 2 saturated heterocycles. The molecule has 2 atom stereocenters. The largest absolute Gasteiger partial charge is 0.405 e. The van der Waals surface area contributed by atoms with Gasteiger partial charge in [-0.15, -0.1) is 11.3 Å². The van der Waals surface area contributed by atoms with Gasteiger partial charge in [-0.2, -0.15) is 13.2 Å². The molecule has 2 aliphatic heterocycles. The van der Waals surface area contributed by atoms with Crippen molar-refractivity contribution in [1.29, 1.82) is 0 Å². The summed E-state index contributed by atoms with van der Waals surface area (Å²) in [4.78, 5) is 35.9. The number of carbonyl (C=O) groups is 2. The summed E-state index contributed by atoms with van der Waals surface area (Å²) in [6.07, 6.45) is -4.54. The Bertz CT molecular complexity index is 1120. The number of ether oxygens (including phenoxy) is 1. The lowest BCUT2D eigenvalue weighted by atomic mass is 10.1. The molecule has 0 bridgehead atoms. The van der Waals surface area contributed by atoms with Crippen molar-refractivity contribution in [3.8, 4) is 10.4 Å². The Labute approximate surface area is 207 Å². The van der Waals surface area contributed by atoms with Gasteiger partial charge in [-0.05, 0) is 32.3 Å². The van der Waals surface area contributed by atoms with Crippen molar-refractivity contribution in [2.24, 2.45) is 0 Å². The van der Waals surface area contributed by atoms with Crippen LogP contribution in [0.2, 0.25) is 0 Å². The molecule has 0 aliphatic carbocycles. The number of aromatic nitrogens is 2. The number of carbonyl (C=O) groups excluding carboxylic acids is 2. The lowest BCUT2D eigenvalue weighted by Gasteiger charge is -2.21. The Hall–Kier alpha value is -2.87. The van der Waals surface area contributed by atoms with E-state index in [9.17, 15) is 31.5 Å². The summed E-state index contributed by atoms with van der Waals surface area (Å²) in [5, 5.41) is 4.65. The fourth-order valence-electron chi connectivity index (χ4n) is 4.14. The molecule has 2 N–H and O–H groups in total. The summed E-state index contributed by atoms with van der Waals surface area (Å²) >= 11 is 0.762. The number of amides is 2. The number of nitrogens with one attached hydrogen (secondary N) is 2. The van der Waals surface area contributed by atoms with Crippen LogP contribution in [0, 0.1) is 0 Å². The summed E-state index contributed by atoms with van der Waals surface area (Å²) in [7, 11) is 0. The quantitative estimate of drug-likeness (QED) is 0.517. The van der Waals surface area contributed by atoms with E-state index >= 15 is 0 Å². The lowest BCUT2D eigenvalue weighted by Crippen LogP contribution is -2.35. The number of nitrogens with zero attached hydrogens (tertiary/aromatic N) is 3. The molecule has 0 aromatic carbocycles. The van der Waals surface area contributed by atoms with Gasteiger partial charge in [-0.3, -0.25) is 9.59 Å². The molecule has 2 aromatic heterocycles. The Morgan fingerprint density at radius 1 is 1.31 bits per heavy atom. The fraction of sp³-hybridized carbons (Fsp3) is 0.545. The van der Waals surface area contributed by atoms with Crippen molar-refractivity contribution in [1.82, 2.24) is 20.2 Å². The van der Waals surface area contributed by atoms with E-state index < -0.39 is 42.3 Å². The van der Waals surface area contributed by atoms with Gasteiger partial charge in [0.2, 0.25) is 0 Å². The third-order valence-electron chi connectivity index (χ3n) is 5.99. The van der Waals surface area contributed by atoms with Crippen molar-refractivity contribution in [3.05, 3.63) is 28.5 Å². The standard InChI is InChI=1S/C22H24F5N5O3S/c1-11-3-2-5-32(11)21(34)16-17(36-20(31-16)19(33)30-12-4-6-35-9-12)14-8-28-15(7-13(14)18(23)24)29-10-22(25,26)27/h7-8,11-12,18H,2-6,9-10H2,1H3,(H,28,29)(H,30,33). The number of alkyl halides is 5. The van der Waals surface area contributed by atoms with E-state index in [1.807, 2.05) is 12.2 Å². The van der Waals surface area contributed by atoms with Gasteiger partial charge in [0.25, 0.3) is 18.2 Å². The molecular weight excluding hydrogens is 509 g/mol. The Morgan fingerprint density at radius 3 is 2.69 bits per heavy atom. The van der Waals surface area contributed by atoms with E-state index in [1.54, 1.807) is 4.90 Å². The molecule has 4 heterocycles. The van der Waals surface area contributed by atoms with E-state index in [0.29, 0.717) is 26.2 Å². The van der Waals surface area contributed by atoms with E-state index in [2.05, 4.69) is 15.3 Å². The van der Waals surface area contributed by atoms with Crippen LogP contribution in [0.5, 0.6) is 0 Å². The number of likely N-dealkylation sites (tertiary alicyclic amines) is 1. The number of hydrogen-bond acceptors (Lipinski definition) is 7. The zero-order valence-electron chi connectivity index (χ0n) is 19.2. The predicted octanol–water partition coefficient (Wildman–Crippen LogP) is 4.26. The Morgan fingerprint density at radius 2 is 2.08 bits per heavy atom. The molecule has 2 aliphatic rings. The fourth-order valence-corrected chi connectivity index (χ4v) is 5.13. The Kier molecular flexibility index (Phi) is 7.73. The van der Waals surface area contributed by atoms with E-state index in [1.165, 1.54) is 0 Å². The number of anilines is 1. The van der Waals surface area contributed by atoms with E-state index in [-0.39, 0.29) is 33.2 Å². The summed E-state index contributed by atoms with van der Waals surface area (Å²) in [6.45, 7) is 1.68. The van der Waals surface area contributed by atoms with Gasteiger partial charge in [0.1, 0.15) is 18.1 Å². The molecule has 2 aromatic rings. The molecule has 0 saturated carbocycles. The first-order valence-corrected chi connectivity index (χ1v) is 12.1. The molecule has 2 unspecified atom stereocenters.